The van der Waals surface area contributed by atoms with Gasteiger partial charge in [-0.3, -0.25) is 4.79 Å². The lowest BCUT2D eigenvalue weighted by molar-refractivity contribution is -0.138. The van der Waals surface area contributed by atoms with E-state index in [1.807, 2.05) is 0 Å². The van der Waals surface area contributed by atoms with Crippen molar-refractivity contribution in [1.29, 1.82) is 0 Å². The molecule has 0 aromatic heterocycles. The van der Waals surface area contributed by atoms with Crippen molar-refractivity contribution in [3.8, 4) is 0 Å². The van der Waals surface area contributed by atoms with Gasteiger partial charge in [0.05, 0.1) is 12.2 Å². The van der Waals surface area contributed by atoms with Crippen LogP contribution < -0.4 is 0 Å². The maximum absolute atomic E-state index is 11.6. The van der Waals surface area contributed by atoms with Gasteiger partial charge in [-0.1, -0.05) is 13.8 Å². The van der Waals surface area contributed by atoms with E-state index >= 15 is 0 Å². The van der Waals surface area contributed by atoms with Gasteiger partial charge in [-0.25, -0.2) is 0 Å². The average Bonchev–Trinajstić information content (AvgIpc) is 2.12. The summed E-state index contributed by atoms with van der Waals surface area (Å²) in [6.07, 6.45) is -2.55. The molecule has 3 N–H and O–H groups in total. The van der Waals surface area contributed by atoms with E-state index in [0.29, 0.717) is 0 Å². The highest BCUT2D eigenvalue weighted by Gasteiger charge is 2.38. The Kier molecular flexibility index (Phi) is 3.64. The summed E-state index contributed by atoms with van der Waals surface area (Å²) in [5.74, 6) is -0.354. The van der Waals surface area contributed by atoms with Gasteiger partial charge in [-0.2, -0.15) is 0 Å². The van der Waals surface area contributed by atoms with E-state index in [1.165, 1.54) is 0 Å². The molecule has 0 aromatic rings. The number of hydrogen-bond acceptors (Lipinski definition) is 4. The molecule has 1 aliphatic carbocycles. The quantitative estimate of drug-likeness (QED) is 0.574. The standard InChI is InChI=1S/C10H18O4/c1-5(2)9(13)6-3-7(11)10(14)8(12)4-6/h5-8,10-12,14H,3-4H2,1-2H3/t6?,7-,8-,10?/m1/s1. The molecule has 82 valence electrons. The summed E-state index contributed by atoms with van der Waals surface area (Å²) >= 11 is 0. The van der Waals surface area contributed by atoms with E-state index in [4.69, 9.17) is 0 Å². The van der Waals surface area contributed by atoms with E-state index in [-0.39, 0.29) is 30.5 Å². The first-order valence-electron chi connectivity index (χ1n) is 5.01. The molecule has 1 saturated carbocycles. The maximum atomic E-state index is 11.6. The Labute approximate surface area is 83.6 Å². The van der Waals surface area contributed by atoms with Crippen LogP contribution in [0.15, 0.2) is 0 Å². The van der Waals surface area contributed by atoms with Crippen LogP contribution in [0.5, 0.6) is 0 Å². The van der Waals surface area contributed by atoms with Crippen molar-refractivity contribution in [2.75, 3.05) is 0 Å². The van der Waals surface area contributed by atoms with Gasteiger partial charge >= 0.3 is 0 Å². The van der Waals surface area contributed by atoms with Crippen LogP contribution in [0.1, 0.15) is 26.7 Å². The lowest BCUT2D eigenvalue weighted by Crippen LogP contribution is -2.46. The van der Waals surface area contributed by atoms with E-state index in [0.717, 1.165) is 0 Å². The SMILES string of the molecule is CC(C)C(=O)C1C[C@@H](O)C(O)[C@H](O)C1. The minimum absolute atomic E-state index is 0.0509. The number of carbonyl (C=O) groups excluding carboxylic acids is 1. The Morgan fingerprint density at radius 2 is 1.57 bits per heavy atom. The van der Waals surface area contributed by atoms with Crippen molar-refractivity contribution in [3.63, 3.8) is 0 Å². The van der Waals surface area contributed by atoms with E-state index < -0.39 is 18.3 Å². The molecular weight excluding hydrogens is 184 g/mol. The molecule has 1 fully saturated rings. The Morgan fingerprint density at radius 1 is 1.14 bits per heavy atom. The number of Topliss-reactive ketones (excluding diaryl/α,β-unsaturated/α-hetero) is 1. The Hall–Kier alpha value is -0.450. The molecule has 0 bridgehead atoms. The summed E-state index contributed by atoms with van der Waals surface area (Å²) in [4.78, 5) is 11.6. The third-order valence-electron chi connectivity index (χ3n) is 2.81. The van der Waals surface area contributed by atoms with Crippen LogP contribution in [0.25, 0.3) is 0 Å². The van der Waals surface area contributed by atoms with Crippen molar-refractivity contribution in [1.82, 2.24) is 0 Å². The Bertz CT molecular complexity index is 202. The van der Waals surface area contributed by atoms with Gasteiger partial charge in [0.2, 0.25) is 0 Å². The van der Waals surface area contributed by atoms with Crippen LogP contribution in [0.3, 0.4) is 0 Å². The third kappa shape index (κ3) is 2.32. The smallest absolute Gasteiger partial charge is 0.138 e. The van der Waals surface area contributed by atoms with Gasteiger partial charge in [-0.15, -0.1) is 0 Å². The van der Waals surface area contributed by atoms with Crippen molar-refractivity contribution in [2.45, 2.75) is 45.0 Å². The van der Waals surface area contributed by atoms with Crippen LogP contribution in [0, 0.1) is 11.8 Å². The molecular formula is C10H18O4. The minimum Gasteiger partial charge on any atom is -0.390 e. The fraction of sp³-hybridized carbons (Fsp3) is 0.900. The Balaban J connectivity index is 2.62. The molecule has 0 aromatic carbocycles. The molecule has 14 heavy (non-hydrogen) atoms. The number of hydrogen-bond donors (Lipinski definition) is 3. The van der Waals surface area contributed by atoms with Gasteiger partial charge in [0.25, 0.3) is 0 Å². The van der Waals surface area contributed by atoms with Crippen LogP contribution in [0.4, 0.5) is 0 Å². The predicted octanol–water partition coefficient (Wildman–Crippen LogP) is -0.296. The number of aliphatic hydroxyl groups is 3. The van der Waals surface area contributed by atoms with Crippen LogP contribution in [-0.4, -0.2) is 39.4 Å². The number of aliphatic hydroxyl groups excluding tert-OH is 3. The number of ketones is 1. The molecule has 2 atom stereocenters. The maximum Gasteiger partial charge on any atom is 0.138 e. The molecule has 0 saturated heterocycles. The third-order valence-corrected chi connectivity index (χ3v) is 2.81. The molecule has 1 rings (SSSR count). The molecule has 1 aliphatic rings. The van der Waals surface area contributed by atoms with E-state index in [9.17, 15) is 20.1 Å². The van der Waals surface area contributed by atoms with Crippen molar-refractivity contribution in [2.24, 2.45) is 11.8 Å². The average molecular weight is 202 g/mol. The van der Waals surface area contributed by atoms with Gasteiger partial charge in [0.1, 0.15) is 11.9 Å². The first-order valence-corrected chi connectivity index (χ1v) is 5.01. The van der Waals surface area contributed by atoms with Crippen molar-refractivity contribution < 1.29 is 20.1 Å². The zero-order chi connectivity index (χ0) is 10.9. The fourth-order valence-corrected chi connectivity index (χ4v) is 1.92. The summed E-state index contributed by atoms with van der Waals surface area (Å²) in [7, 11) is 0. The second-order valence-electron chi connectivity index (χ2n) is 4.35. The van der Waals surface area contributed by atoms with Crippen LogP contribution >= 0.6 is 0 Å². The predicted molar refractivity (Wildman–Crippen MR) is 50.6 cm³/mol. The zero-order valence-electron chi connectivity index (χ0n) is 8.55. The summed E-state index contributed by atoms with van der Waals surface area (Å²) in [5, 5.41) is 28.0. The first-order chi connectivity index (χ1) is 6.43. The molecule has 0 aliphatic heterocycles. The second kappa shape index (κ2) is 4.38. The minimum atomic E-state index is -1.11. The second-order valence-corrected chi connectivity index (χ2v) is 4.35. The number of carbonyl (C=O) groups is 1. The summed E-state index contributed by atoms with van der Waals surface area (Å²) < 4.78 is 0. The van der Waals surface area contributed by atoms with Gasteiger partial charge in [0.15, 0.2) is 0 Å². The fourth-order valence-electron chi connectivity index (χ4n) is 1.92. The summed E-state index contributed by atoms with van der Waals surface area (Å²) in [5.41, 5.74) is 0. The Morgan fingerprint density at radius 3 is 1.93 bits per heavy atom. The molecule has 0 unspecified atom stereocenters. The molecule has 4 nitrogen and oxygen atoms in total. The van der Waals surface area contributed by atoms with Crippen molar-refractivity contribution in [3.05, 3.63) is 0 Å². The molecule has 0 spiro atoms. The number of rotatable bonds is 2. The van der Waals surface area contributed by atoms with E-state index in [1.54, 1.807) is 13.8 Å². The van der Waals surface area contributed by atoms with Gasteiger partial charge in [0, 0.05) is 11.8 Å². The monoisotopic (exact) mass is 202 g/mol. The highest BCUT2D eigenvalue weighted by atomic mass is 16.4. The highest BCUT2D eigenvalue weighted by Crippen LogP contribution is 2.27. The van der Waals surface area contributed by atoms with Gasteiger partial charge in [-0.05, 0) is 12.8 Å². The summed E-state index contributed by atoms with van der Waals surface area (Å²) in [6.45, 7) is 3.60. The first kappa shape index (κ1) is 11.6. The molecule has 0 amide bonds. The molecule has 4 heteroatoms. The molecule has 0 radical (unpaired) electrons. The topological polar surface area (TPSA) is 77.8 Å². The van der Waals surface area contributed by atoms with Gasteiger partial charge < -0.3 is 15.3 Å². The lowest BCUT2D eigenvalue weighted by Gasteiger charge is -2.33. The van der Waals surface area contributed by atoms with Crippen molar-refractivity contribution >= 4 is 5.78 Å². The van der Waals surface area contributed by atoms with Crippen LogP contribution in [-0.2, 0) is 4.79 Å². The highest BCUT2D eigenvalue weighted by molar-refractivity contribution is 5.83. The zero-order valence-corrected chi connectivity index (χ0v) is 8.55. The van der Waals surface area contributed by atoms with Crippen LogP contribution in [0.2, 0.25) is 0 Å². The lowest BCUT2D eigenvalue weighted by atomic mass is 9.78. The normalized spacial score (nSPS) is 38.7. The largest absolute Gasteiger partial charge is 0.390 e. The molecule has 0 heterocycles. The summed E-state index contributed by atoms with van der Waals surface area (Å²) in [6, 6.07) is 0. The van der Waals surface area contributed by atoms with E-state index in [2.05, 4.69) is 0 Å².